The predicted molar refractivity (Wildman–Crippen MR) is 291 cm³/mol. The Labute approximate surface area is 467 Å². The molecular weight excluding hydrogens is 1080 g/mol. The first-order valence-electron chi connectivity index (χ1n) is 26.1. The molecule has 436 valence electrons. The van der Waals surface area contributed by atoms with E-state index in [1.165, 1.54) is 41.1 Å². The molecule has 0 aromatic carbocycles. The van der Waals surface area contributed by atoms with Crippen LogP contribution in [-0.4, -0.2) is 162 Å². The van der Waals surface area contributed by atoms with E-state index < -0.39 is 53.9 Å². The predicted octanol–water partition coefficient (Wildman–Crippen LogP) is 5.85. The number of nitrogens with zero attached hydrogens (tertiary/aromatic N) is 14. The summed E-state index contributed by atoms with van der Waals surface area (Å²) in [5.41, 5.74) is 1.59. The monoisotopic (exact) mass is 1150 g/mol. The quantitative estimate of drug-likeness (QED) is 0.0769. The largest absolute Gasteiger partial charge is 0.479 e. The summed E-state index contributed by atoms with van der Waals surface area (Å²) < 4.78 is 105. The summed E-state index contributed by atoms with van der Waals surface area (Å²) in [5, 5.41) is 15.6. The van der Waals surface area contributed by atoms with Crippen molar-refractivity contribution in [2.75, 3.05) is 41.7 Å². The summed E-state index contributed by atoms with van der Waals surface area (Å²) in [7, 11) is -1.95. The van der Waals surface area contributed by atoms with Gasteiger partial charge in [0.05, 0.1) is 75.6 Å². The Morgan fingerprint density at radius 3 is 1.10 bits per heavy atom. The minimum atomic E-state index is -3.90. The molecule has 0 aliphatic carbocycles. The Morgan fingerprint density at radius 1 is 0.525 bits per heavy atom. The van der Waals surface area contributed by atoms with Gasteiger partial charge in [-0.3, -0.25) is 9.13 Å². The SMILES string of the molecule is COc1ncnc(OC)c1-n1c(CS(=O)(=O)[C@@H](C)[C@@H](OC(C)C)c2ncc(C)cn2)nnc1[C@@H]1COC(C)(C)C1.COc1ncnc(OC)c1-n1c(CS(=O)(=O)[C@@H](C)[C@@H](OC(C)C)c2ncc(C)cn2)nnc1[C@H]1COC(C)(C)C1. The summed E-state index contributed by atoms with van der Waals surface area (Å²) in [5.74, 6) is 1.43. The van der Waals surface area contributed by atoms with Crippen LogP contribution in [0.25, 0.3) is 11.4 Å². The number of methoxy groups -OCH3 is 4. The van der Waals surface area contributed by atoms with Crippen molar-refractivity contribution in [3.05, 3.63) is 83.5 Å². The fraction of sp³-hybridized carbons (Fsp3) is 0.615. The van der Waals surface area contributed by atoms with Crippen LogP contribution in [0.5, 0.6) is 23.5 Å². The standard InChI is InChI=1S/2C26H37N7O6S/c2*1-15(2)39-21(22-27-10-16(3)11-28-22)17(4)40(34,35)13-19-31-32-23(18-9-26(5,6)38-12-18)33(19)20-24(36-7)29-14-30-25(20)37-8/h2*10-11,14-15,17-18,21H,9,12-13H2,1-8H3/t17-,18+,21+;17-,18-,21+/m00/s1. The van der Waals surface area contributed by atoms with E-state index in [-0.39, 0.29) is 70.4 Å². The Hall–Kier alpha value is -6.46. The lowest BCUT2D eigenvalue weighted by molar-refractivity contribution is 0.00120. The van der Waals surface area contributed by atoms with Crippen molar-refractivity contribution in [1.29, 1.82) is 0 Å². The first-order valence-corrected chi connectivity index (χ1v) is 29.5. The zero-order valence-electron chi connectivity index (χ0n) is 48.3. The molecule has 2 saturated heterocycles. The van der Waals surface area contributed by atoms with E-state index in [0.717, 1.165) is 11.1 Å². The zero-order valence-corrected chi connectivity index (χ0v) is 49.9. The van der Waals surface area contributed by atoms with Crippen LogP contribution in [0.3, 0.4) is 0 Å². The summed E-state index contributed by atoms with van der Waals surface area (Å²) in [4.78, 5) is 34.4. The Balaban J connectivity index is 0.000000231. The molecule has 8 heterocycles. The maximum Gasteiger partial charge on any atom is 0.245 e. The second-order valence-electron chi connectivity index (χ2n) is 21.5. The highest BCUT2D eigenvalue weighted by molar-refractivity contribution is 7.91. The van der Waals surface area contributed by atoms with Crippen molar-refractivity contribution >= 4 is 19.7 Å². The maximum absolute atomic E-state index is 14.0. The number of sulfone groups is 2. The molecule has 0 amide bonds. The lowest BCUT2D eigenvalue weighted by Gasteiger charge is -2.25. The highest BCUT2D eigenvalue weighted by Crippen LogP contribution is 2.42. The van der Waals surface area contributed by atoms with E-state index in [1.54, 1.807) is 47.8 Å². The molecule has 6 aromatic rings. The first-order chi connectivity index (χ1) is 37.7. The van der Waals surface area contributed by atoms with Crippen LogP contribution in [-0.2, 0) is 50.1 Å². The van der Waals surface area contributed by atoms with Crippen molar-refractivity contribution < 1.29 is 54.7 Å². The number of rotatable bonds is 22. The Bertz CT molecular complexity index is 3020. The number of aryl methyl sites for hydroxylation is 2. The van der Waals surface area contributed by atoms with Crippen LogP contribution in [0, 0.1) is 13.8 Å². The molecule has 0 radical (unpaired) electrons. The number of hydrogen-bond acceptors (Lipinski definition) is 24. The summed E-state index contributed by atoms with van der Waals surface area (Å²) in [6.45, 7) is 23.0. The molecule has 6 atom stereocenters. The third kappa shape index (κ3) is 14.0. The fourth-order valence-corrected chi connectivity index (χ4v) is 12.1. The molecule has 6 aromatic heterocycles. The van der Waals surface area contributed by atoms with E-state index in [2.05, 4.69) is 60.3 Å². The summed E-state index contributed by atoms with van der Waals surface area (Å²) in [6.07, 6.45) is 8.17. The van der Waals surface area contributed by atoms with Gasteiger partial charge in [-0.15, -0.1) is 20.4 Å². The maximum atomic E-state index is 14.0. The minimum Gasteiger partial charge on any atom is -0.479 e. The molecule has 8 rings (SSSR count). The molecule has 2 aliphatic rings. The lowest BCUT2D eigenvalue weighted by Crippen LogP contribution is -2.32. The fourth-order valence-electron chi connectivity index (χ4n) is 9.39. The zero-order chi connectivity index (χ0) is 58.5. The number of ether oxygens (including phenoxy) is 8. The third-order valence-electron chi connectivity index (χ3n) is 13.4. The van der Waals surface area contributed by atoms with Gasteiger partial charge in [-0.1, -0.05) is 0 Å². The normalized spacial score (nSPS) is 18.6. The van der Waals surface area contributed by atoms with Crippen LogP contribution in [0.2, 0.25) is 0 Å². The molecule has 2 fully saturated rings. The van der Waals surface area contributed by atoms with Gasteiger partial charge in [0.25, 0.3) is 0 Å². The van der Waals surface area contributed by atoms with Gasteiger partial charge in [0.2, 0.25) is 23.5 Å². The van der Waals surface area contributed by atoms with Crippen LogP contribution >= 0.6 is 0 Å². The average Bonchev–Trinajstić information content (AvgIpc) is 4.21. The van der Waals surface area contributed by atoms with Crippen LogP contribution in [0.15, 0.2) is 37.4 Å². The Morgan fingerprint density at radius 2 is 0.838 bits per heavy atom. The molecule has 0 unspecified atom stereocenters. The van der Waals surface area contributed by atoms with Crippen molar-refractivity contribution in [2.45, 2.75) is 165 Å². The van der Waals surface area contributed by atoms with Gasteiger partial charge in [-0.05, 0) is 107 Å². The Kier molecular flexibility index (Phi) is 19.2. The van der Waals surface area contributed by atoms with Crippen molar-refractivity contribution in [1.82, 2.24) is 69.4 Å². The van der Waals surface area contributed by atoms with Crippen molar-refractivity contribution in [3.8, 4) is 34.9 Å². The van der Waals surface area contributed by atoms with Gasteiger partial charge in [0.15, 0.2) is 54.3 Å². The second-order valence-corrected chi connectivity index (χ2v) is 26.2. The van der Waals surface area contributed by atoms with Gasteiger partial charge in [-0.2, -0.15) is 19.9 Å². The van der Waals surface area contributed by atoms with Crippen molar-refractivity contribution in [3.63, 3.8) is 0 Å². The van der Waals surface area contributed by atoms with Gasteiger partial charge in [0.1, 0.15) is 48.0 Å². The van der Waals surface area contributed by atoms with Gasteiger partial charge in [-0.25, -0.2) is 36.8 Å². The minimum absolute atomic E-state index is 0.158. The van der Waals surface area contributed by atoms with Crippen LogP contribution < -0.4 is 18.9 Å². The van der Waals surface area contributed by atoms with Crippen LogP contribution in [0.1, 0.15) is 152 Å². The van der Waals surface area contributed by atoms with E-state index in [9.17, 15) is 16.8 Å². The molecule has 0 N–H and O–H groups in total. The molecular formula is C52H74N14O12S2. The number of aromatic nitrogens is 14. The van der Waals surface area contributed by atoms with Gasteiger partial charge < -0.3 is 37.9 Å². The molecule has 0 bridgehead atoms. The van der Waals surface area contributed by atoms with E-state index >= 15 is 0 Å². The molecule has 26 nitrogen and oxygen atoms in total. The van der Waals surface area contributed by atoms with E-state index in [1.807, 2.05) is 69.2 Å². The highest BCUT2D eigenvalue weighted by atomic mass is 32.2. The van der Waals surface area contributed by atoms with E-state index in [0.29, 0.717) is 60.7 Å². The molecule has 0 spiro atoms. The number of hydrogen-bond donors (Lipinski definition) is 0. The van der Waals surface area contributed by atoms with Crippen molar-refractivity contribution in [2.24, 2.45) is 0 Å². The summed E-state index contributed by atoms with van der Waals surface area (Å²) >= 11 is 0. The smallest absolute Gasteiger partial charge is 0.245 e. The molecule has 2 aliphatic heterocycles. The molecule has 0 saturated carbocycles. The first kappa shape index (κ1) is 61.2. The molecule has 80 heavy (non-hydrogen) atoms. The highest BCUT2D eigenvalue weighted by Gasteiger charge is 2.42. The topological polar surface area (TPSA) is 307 Å². The van der Waals surface area contributed by atoms with E-state index in [4.69, 9.17) is 37.9 Å². The second kappa shape index (κ2) is 25.1. The third-order valence-corrected chi connectivity index (χ3v) is 17.5. The molecule has 28 heteroatoms. The summed E-state index contributed by atoms with van der Waals surface area (Å²) in [6, 6.07) is 0. The van der Waals surface area contributed by atoms with Gasteiger partial charge in [0, 0.05) is 36.6 Å². The average molecular weight is 1150 g/mol. The lowest BCUT2D eigenvalue weighted by atomic mass is 9.97. The van der Waals surface area contributed by atoms with Crippen LogP contribution in [0.4, 0.5) is 0 Å². The van der Waals surface area contributed by atoms with Gasteiger partial charge >= 0.3 is 0 Å².